The molecule has 1 unspecified atom stereocenters. The summed E-state index contributed by atoms with van der Waals surface area (Å²) in [5.41, 5.74) is 0.736. The summed E-state index contributed by atoms with van der Waals surface area (Å²) in [7, 11) is 0. The van der Waals surface area contributed by atoms with Crippen LogP contribution in [0.25, 0.3) is 0 Å². The Bertz CT molecular complexity index is 178. The molecule has 0 aromatic heterocycles. The van der Waals surface area contributed by atoms with Crippen molar-refractivity contribution in [3.8, 4) is 5.92 Å². The molecule has 1 nitrogen and oxygen atoms in total. The Morgan fingerprint density at radius 2 is 1.92 bits per heavy atom. The first kappa shape index (κ1) is 10.6. The molecule has 0 radical (unpaired) electrons. The van der Waals surface area contributed by atoms with E-state index < -0.39 is 0 Å². The smallest absolute Gasteiger partial charge is 0.00110 e. The predicted molar refractivity (Wildman–Crippen MR) is 55.7 cm³/mol. The van der Waals surface area contributed by atoms with E-state index in [2.05, 4.69) is 12.2 Å². The van der Waals surface area contributed by atoms with Crippen LogP contribution in [0.15, 0.2) is 0 Å². The standard InChI is InChI=1S/C9H17N.C3H3/c1-8-6-10-7-9(8)4-2-3-5-9;1-3-2/h8,10H,2-7H2,1H3;1H3/q;-1. The van der Waals surface area contributed by atoms with E-state index in [1.165, 1.54) is 38.8 Å². The van der Waals surface area contributed by atoms with Crippen LogP contribution < -0.4 is 5.32 Å². The predicted octanol–water partition coefficient (Wildman–Crippen LogP) is 2.38. The van der Waals surface area contributed by atoms with Gasteiger partial charge in [0.2, 0.25) is 0 Å². The third-order valence-electron chi connectivity index (χ3n) is 3.57. The van der Waals surface area contributed by atoms with E-state index >= 15 is 0 Å². The first-order valence-electron chi connectivity index (χ1n) is 5.29. The van der Waals surface area contributed by atoms with Gasteiger partial charge in [-0.3, -0.25) is 0 Å². The molecule has 2 aliphatic rings. The van der Waals surface area contributed by atoms with E-state index in [1.807, 2.05) is 5.92 Å². The van der Waals surface area contributed by atoms with Gasteiger partial charge in [-0.1, -0.05) is 19.8 Å². The second-order valence-corrected chi connectivity index (χ2v) is 4.35. The summed E-state index contributed by atoms with van der Waals surface area (Å²) in [6.07, 6.45) is 11.9. The quantitative estimate of drug-likeness (QED) is 0.443. The molecule has 1 aliphatic carbocycles. The minimum absolute atomic E-state index is 0.736. The third kappa shape index (κ3) is 2.25. The molecule has 1 saturated heterocycles. The van der Waals surface area contributed by atoms with Crippen LogP contribution in [-0.4, -0.2) is 13.1 Å². The van der Waals surface area contributed by atoms with Gasteiger partial charge in [-0.05, 0) is 37.6 Å². The van der Waals surface area contributed by atoms with Gasteiger partial charge in [-0.25, -0.2) is 0 Å². The van der Waals surface area contributed by atoms with E-state index in [1.54, 1.807) is 6.92 Å². The van der Waals surface area contributed by atoms with Crippen molar-refractivity contribution in [2.45, 2.75) is 39.5 Å². The summed E-state index contributed by atoms with van der Waals surface area (Å²) in [5, 5.41) is 3.50. The van der Waals surface area contributed by atoms with Gasteiger partial charge in [0.1, 0.15) is 0 Å². The normalized spacial score (nSPS) is 29.5. The van der Waals surface area contributed by atoms with E-state index in [4.69, 9.17) is 6.42 Å². The first-order chi connectivity index (χ1) is 6.25. The fourth-order valence-electron chi connectivity index (χ4n) is 2.68. The average molecular weight is 178 g/mol. The largest absolute Gasteiger partial charge is 0.694 e. The second-order valence-electron chi connectivity index (χ2n) is 4.35. The van der Waals surface area contributed by atoms with Gasteiger partial charge in [-0.15, -0.1) is 0 Å². The van der Waals surface area contributed by atoms with Crippen LogP contribution in [0.4, 0.5) is 0 Å². The monoisotopic (exact) mass is 178 g/mol. The van der Waals surface area contributed by atoms with Gasteiger partial charge in [0, 0.05) is 6.54 Å². The number of hydrogen-bond donors (Lipinski definition) is 1. The SMILES string of the molecule is CC1CNCC12CCCC2.[C-]#CC. The fraction of sp³-hybridized carbons (Fsp3) is 0.833. The van der Waals surface area contributed by atoms with Gasteiger partial charge in [0.25, 0.3) is 0 Å². The molecule has 2 rings (SSSR count). The highest BCUT2D eigenvalue weighted by Gasteiger charge is 2.41. The molecule has 1 saturated carbocycles. The van der Waals surface area contributed by atoms with E-state index in [0.29, 0.717) is 0 Å². The minimum Gasteiger partial charge on any atom is -0.694 e. The maximum atomic E-state index is 5.96. The van der Waals surface area contributed by atoms with Gasteiger partial charge in [0.15, 0.2) is 0 Å². The maximum absolute atomic E-state index is 5.96. The minimum atomic E-state index is 0.736. The molecule has 0 amide bonds. The molecule has 1 spiro atoms. The Hall–Kier alpha value is -0.480. The van der Waals surface area contributed by atoms with Crippen LogP contribution >= 0.6 is 0 Å². The second kappa shape index (κ2) is 4.67. The van der Waals surface area contributed by atoms with E-state index in [0.717, 1.165) is 11.3 Å². The highest BCUT2D eigenvalue weighted by Crippen LogP contribution is 2.45. The van der Waals surface area contributed by atoms with Crippen molar-refractivity contribution in [1.82, 2.24) is 5.32 Å². The number of hydrogen-bond acceptors (Lipinski definition) is 1. The molecular weight excluding hydrogens is 158 g/mol. The molecule has 13 heavy (non-hydrogen) atoms. The van der Waals surface area contributed by atoms with Crippen LogP contribution in [-0.2, 0) is 0 Å². The van der Waals surface area contributed by atoms with Gasteiger partial charge < -0.3 is 17.7 Å². The Morgan fingerprint density at radius 1 is 1.38 bits per heavy atom. The first-order valence-corrected chi connectivity index (χ1v) is 5.29. The Kier molecular flexibility index (Phi) is 3.81. The average Bonchev–Trinajstić information content (AvgIpc) is 2.67. The molecule has 1 heteroatoms. The highest BCUT2D eigenvalue weighted by molar-refractivity contribution is 4.95. The summed E-state index contributed by atoms with van der Waals surface area (Å²) < 4.78 is 0. The molecule has 1 aliphatic heterocycles. The zero-order valence-electron chi connectivity index (χ0n) is 8.82. The van der Waals surface area contributed by atoms with Crippen molar-refractivity contribution in [2.75, 3.05) is 13.1 Å². The molecule has 1 atom stereocenters. The summed E-state index contributed by atoms with van der Waals surface area (Å²) in [6.45, 7) is 6.51. The van der Waals surface area contributed by atoms with Crippen LogP contribution in [0.5, 0.6) is 0 Å². The van der Waals surface area contributed by atoms with Gasteiger partial charge in [-0.2, -0.15) is 0 Å². The lowest BCUT2D eigenvalue weighted by molar-refractivity contribution is 0.251. The summed E-state index contributed by atoms with van der Waals surface area (Å²) in [6, 6.07) is 0. The van der Waals surface area contributed by atoms with Crippen molar-refractivity contribution in [3.05, 3.63) is 6.42 Å². The van der Waals surface area contributed by atoms with Gasteiger partial charge >= 0.3 is 0 Å². The molecule has 1 N–H and O–H groups in total. The van der Waals surface area contributed by atoms with Crippen molar-refractivity contribution < 1.29 is 0 Å². The molecule has 0 aromatic rings. The van der Waals surface area contributed by atoms with Crippen molar-refractivity contribution in [3.63, 3.8) is 0 Å². The van der Waals surface area contributed by atoms with Crippen molar-refractivity contribution in [1.29, 1.82) is 0 Å². The van der Waals surface area contributed by atoms with Crippen LogP contribution in [0.3, 0.4) is 0 Å². The van der Waals surface area contributed by atoms with Crippen molar-refractivity contribution >= 4 is 0 Å². The molecule has 2 fully saturated rings. The number of nitrogens with one attached hydrogen (secondary N) is 1. The Morgan fingerprint density at radius 3 is 2.31 bits per heavy atom. The summed E-state index contributed by atoms with van der Waals surface area (Å²) in [5.74, 6) is 2.94. The van der Waals surface area contributed by atoms with E-state index in [9.17, 15) is 0 Å². The lowest BCUT2D eigenvalue weighted by Gasteiger charge is -2.26. The Balaban J connectivity index is 0.000000251. The van der Waals surface area contributed by atoms with Crippen molar-refractivity contribution in [2.24, 2.45) is 11.3 Å². The number of rotatable bonds is 0. The van der Waals surface area contributed by atoms with Crippen LogP contribution in [0.1, 0.15) is 39.5 Å². The van der Waals surface area contributed by atoms with E-state index in [-0.39, 0.29) is 0 Å². The highest BCUT2D eigenvalue weighted by atomic mass is 14.9. The van der Waals surface area contributed by atoms with Gasteiger partial charge in [0.05, 0.1) is 0 Å². The summed E-state index contributed by atoms with van der Waals surface area (Å²) in [4.78, 5) is 0. The van der Waals surface area contributed by atoms with Crippen LogP contribution in [0.2, 0.25) is 0 Å². The third-order valence-corrected chi connectivity index (χ3v) is 3.57. The maximum Gasteiger partial charge on any atom is 0.00110 e. The lowest BCUT2D eigenvalue weighted by atomic mass is 9.78. The zero-order valence-corrected chi connectivity index (χ0v) is 8.82. The Labute approximate surface area is 82.3 Å². The lowest BCUT2D eigenvalue weighted by Crippen LogP contribution is -2.24. The van der Waals surface area contributed by atoms with Crippen LogP contribution in [0, 0.1) is 23.7 Å². The topological polar surface area (TPSA) is 12.0 Å². The molecule has 1 heterocycles. The molecule has 74 valence electrons. The molecule has 0 bridgehead atoms. The molecule has 0 aromatic carbocycles. The zero-order chi connectivity index (χ0) is 9.73. The summed E-state index contributed by atoms with van der Waals surface area (Å²) >= 11 is 0. The fourth-order valence-corrected chi connectivity index (χ4v) is 2.68. The molecular formula is C12H20N-.